The van der Waals surface area contributed by atoms with Crippen molar-refractivity contribution in [3.8, 4) is 0 Å². The summed E-state index contributed by atoms with van der Waals surface area (Å²) in [6.45, 7) is 8.68. The zero-order chi connectivity index (χ0) is 14.0. The van der Waals surface area contributed by atoms with Crippen molar-refractivity contribution in [3.63, 3.8) is 0 Å². The molecule has 3 N–H and O–H groups in total. The van der Waals surface area contributed by atoms with Crippen molar-refractivity contribution in [1.82, 2.24) is 15.0 Å². The first kappa shape index (κ1) is 13.7. The third-order valence-electron chi connectivity index (χ3n) is 2.79. The van der Waals surface area contributed by atoms with Gasteiger partial charge in [-0.3, -0.25) is 0 Å². The van der Waals surface area contributed by atoms with Crippen molar-refractivity contribution in [3.05, 3.63) is 27.5 Å². The number of aryl methyl sites for hydroxylation is 1. The molecule has 6 heteroatoms. The van der Waals surface area contributed by atoms with Crippen LogP contribution < -0.4 is 11.1 Å². The molecule has 2 aromatic heterocycles. The van der Waals surface area contributed by atoms with Gasteiger partial charge in [0.25, 0.3) is 0 Å². The number of nitrogen functional groups attached to an aromatic ring is 1. The number of thiazole rings is 1. The van der Waals surface area contributed by atoms with Crippen LogP contribution in [0.5, 0.6) is 0 Å². The first-order chi connectivity index (χ1) is 8.97. The summed E-state index contributed by atoms with van der Waals surface area (Å²) in [6.07, 6.45) is 0. The van der Waals surface area contributed by atoms with Crippen LogP contribution in [0.2, 0.25) is 0 Å². The number of rotatable bonds is 4. The molecule has 0 atom stereocenters. The fourth-order valence-corrected chi connectivity index (χ4v) is 2.34. The van der Waals surface area contributed by atoms with Crippen LogP contribution in [0.15, 0.2) is 5.38 Å². The minimum atomic E-state index is 0.255. The number of nitrogens with one attached hydrogen (secondary N) is 1. The van der Waals surface area contributed by atoms with E-state index in [1.165, 1.54) is 0 Å². The molecule has 19 heavy (non-hydrogen) atoms. The summed E-state index contributed by atoms with van der Waals surface area (Å²) in [4.78, 5) is 13.3. The molecule has 0 saturated carbocycles. The predicted octanol–water partition coefficient (Wildman–Crippen LogP) is 2.87. The van der Waals surface area contributed by atoms with E-state index in [4.69, 9.17) is 5.73 Å². The van der Waals surface area contributed by atoms with Crippen LogP contribution in [0.3, 0.4) is 0 Å². The van der Waals surface area contributed by atoms with E-state index in [0.29, 0.717) is 12.4 Å². The Labute approximate surface area is 117 Å². The standard InChI is InChI=1S/C13H19N5S/c1-7(2)12-17-11(14)9(4)13(18-12)15-5-10-16-8(3)6-19-10/h6-7H,5H2,1-4H3,(H3,14,15,17,18). The Morgan fingerprint density at radius 2 is 2.00 bits per heavy atom. The zero-order valence-corrected chi connectivity index (χ0v) is 12.5. The topological polar surface area (TPSA) is 76.7 Å². The van der Waals surface area contributed by atoms with E-state index in [-0.39, 0.29) is 5.92 Å². The molecule has 5 nitrogen and oxygen atoms in total. The van der Waals surface area contributed by atoms with Crippen LogP contribution in [0.1, 0.15) is 41.9 Å². The molecule has 2 rings (SSSR count). The van der Waals surface area contributed by atoms with Crippen molar-refractivity contribution in [1.29, 1.82) is 0 Å². The van der Waals surface area contributed by atoms with Gasteiger partial charge in [0.05, 0.1) is 6.54 Å². The molecule has 0 saturated heterocycles. The fourth-order valence-electron chi connectivity index (χ4n) is 1.63. The minimum absolute atomic E-state index is 0.255. The monoisotopic (exact) mass is 277 g/mol. The van der Waals surface area contributed by atoms with Crippen molar-refractivity contribution < 1.29 is 0 Å². The Balaban J connectivity index is 2.19. The largest absolute Gasteiger partial charge is 0.383 e. The van der Waals surface area contributed by atoms with Gasteiger partial charge in [-0.1, -0.05) is 13.8 Å². The third kappa shape index (κ3) is 3.20. The zero-order valence-electron chi connectivity index (χ0n) is 11.7. The van der Waals surface area contributed by atoms with E-state index >= 15 is 0 Å². The smallest absolute Gasteiger partial charge is 0.135 e. The molecule has 102 valence electrons. The number of hydrogen-bond donors (Lipinski definition) is 2. The Bertz CT molecular complexity index is 576. The SMILES string of the molecule is Cc1csc(CNc2nc(C(C)C)nc(N)c2C)n1. The van der Waals surface area contributed by atoms with Gasteiger partial charge in [0.2, 0.25) is 0 Å². The van der Waals surface area contributed by atoms with Crippen molar-refractivity contribution >= 4 is 23.0 Å². The molecule has 0 spiro atoms. The van der Waals surface area contributed by atoms with Crippen molar-refractivity contribution in [2.75, 3.05) is 11.1 Å². The molecule has 0 radical (unpaired) electrons. The molecule has 2 aromatic rings. The Kier molecular flexibility index (Phi) is 3.99. The summed E-state index contributed by atoms with van der Waals surface area (Å²) >= 11 is 1.64. The maximum atomic E-state index is 5.93. The number of nitrogens with zero attached hydrogens (tertiary/aromatic N) is 3. The molecular formula is C13H19N5S. The second-order valence-corrected chi connectivity index (χ2v) is 5.77. The first-order valence-electron chi connectivity index (χ1n) is 6.26. The third-order valence-corrected chi connectivity index (χ3v) is 3.76. The van der Waals surface area contributed by atoms with Gasteiger partial charge in [0.15, 0.2) is 0 Å². The second-order valence-electron chi connectivity index (χ2n) is 4.83. The summed E-state index contributed by atoms with van der Waals surface area (Å²) in [6, 6.07) is 0. The average molecular weight is 277 g/mol. The maximum Gasteiger partial charge on any atom is 0.135 e. The van der Waals surface area contributed by atoms with Crippen LogP contribution in [0.25, 0.3) is 0 Å². The highest BCUT2D eigenvalue weighted by atomic mass is 32.1. The van der Waals surface area contributed by atoms with Crippen molar-refractivity contribution in [2.45, 2.75) is 40.2 Å². The molecule has 0 aliphatic carbocycles. The van der Waals surface area contributed by atoms with Crippen LogP contribution in [0.4, 0.5) is 11.6 Å². The van der Waals surface area contributed by atoms with Gasteiger partial charge in [0, 0.05) is 22.6 Å². The summed E-state index contributed by atoms with van der Waals surface area (Å²) < 4.78 is 0. The van der Waals surface area contributed by atoms with E-state index in [0.717, 1.165) is 27.9 Å². The summed E-state index contributed by atoms with van der Waals surface area (Å²) in [5, 5.41) is 6.38. The quantitative estimate of drug-likeness (QED) is 0.898. The van der Waals surface area contributed by atoms with Crippen LogP contribution in [-0.4, -0.2) is 15.0 Å². The molecule has 2 heterocycles. The number of hydrogen-bond acceptors (Lipinski definition) is 6. The Morgan fingerprint density at radius 3 is 2.58 bits per heavy atom. The molecule has 0 aromatic carbocycles. The van der Waals surface area contributed by atoms with E-state index in [2.05, 4.69) is 34.1 Å². The number of nitrogens with two attached hydrogens (primary N) is 1. The molecule has 0 aliphatic rings. The molecule has 0 unspecified atom stereocenters. The highest BCUT2D eigenvalue weighted by Crippen LogP contribution is 2.21. The minimum Gasteiger partial charge on any atom is -0.383 e. The van der Waals surface area contributed by atoms with Crippen LogP contribution in [-0.2, 0) is 6.54 Å². The van der Waals surface area contributed by atoms with E-state index in [9.17, 15) is 0 Å². The highest BCUT2D eigenvalue weighted by Gasteiger charge is 2.11. The lowest BCUT2D eigenvalue weighted by Crippen LogP contribution is -2.10. The van der Waals surface area contributed by atoms with Gasteiger partial charge in [-0.25, -0.2) is 15.0 Å². The van der Waals surface area contributed by atoms with Crippen molar-refractivity contribution in [2.24, 2.45) is 0 Å². The van der Waals surface area contributed by atoms with Crippen LogP contribution in [0, 0.1) is 13.8 Å². The Hall–Kier alpha value is -1.69. The fraction of sp³-hybridized carbons (Fsp3) is 0.462. The van der Waals surface area contributed by atoms with Gasteiger partial charge >= 0.3 is 0 Å². The lowest BCUT2D eigenvalue weighted by molar-refractivity contribution is 0.774. The Morgan fingerprint density at radius 1 is 1.26 bits per heavy atom. The van der Waals surface area contributed by atoms with E-state index in [1.54, 1.807) is 11.3 Å². The highest BCUT2D eigenvalue weighted by molar-refractivity contribution is 7.09. The van der Waals surface area contributed by atoms with Crippen LogP contribution >= 0.6 is 11.3 Å². The molecule has 0 bridgehead atoms. The van der Waals surface area contributed by atoms with Gasteiger partial charge in [-0.15, -0.1) is 11.3 Å². The second kappa shape index (κ2) is 5.52. The molecule has 0 fully saturated rings. The van der Waals surface area contributed by atoms with Gasteiger partial charge < -0.3 is 11.1 Å². The first-order valence-corrected chi connectivity index (χ1v) is 7.14. The van der Waals surface area contributed by atoms with Gasteiger partial charge in [-0.05, 0) is 13.8 Å². The summed E-state index contributed by atoms with van der Waals surface area (Å²) in [5.74, 6) is 2.35. The molecular weight excluding hydrogens is 258 g/mol. The molecule has 0 aliphatic heterocycles. The predicted molar refractivity (Wildman–Crippen MR) is 79.4 cm³/mol. The summed E-state index contributed by atoms with van der Waals surface area (Å²) in [5.41, 5.74) is 7.86. The maximum absolute atomic E-state index is 5.93. The van der Waals surface area contributed by atoms with Gasteiger partial charge in [0.1, 0.15) is 22.5 Å². The van der Waals surface area contributed by atoms with E-state index in [1.807, 2.05) is 19.2 Å². The number of aromatic nitrogens is 3. The van der Waals surface area contributed by atoms with E-state index < -0.39 is 0 Å². The molecule has 0 amide bonds. The normalized spacial score (nSPS) is 11.0. The lowest BCUT2D eigenvalue weighted by Gasteiger charge is -2.12. The number of anilines is 2. The lowest BCUT2D eigenvalue weighted by atomic mass is 10.2. The summed E-state index contributed by atoms with van der Waals surface area (Å²) in [7, 11) is 0. The van der Waals surface area contributed by atoms with Gasteiger partial charge in [-0.2, -0.15) is 0 Å². The average Bonchev–Trinajstić information content (AvgIpc) is 2.76.